The Hall–Kier alpha value is -1.46. The highest BCUT2D eigenvalue weighted by Gasteiger charge is 2.03. The van der Waals surface area contributed by atoms with Crippen molar-refractivity contribution in [3.63, 3.8) is 0 Å². The SMILES string of the molecule is CC#N.CC(C)=C(Cl)N(C)Cc1ccc(C)cc1. The summed E-state index contributed by atoms with van der Waals surface area (Å²) in [6.07, 6.45) is 0. The lowest BCUT2D eigenvalue weighted by atomic mass is 10.1. The molecule has 0 radical (unpaired) electrons. The van der Waals surface area contributed by atoms with Crippen LogP contribution in [0.2, 0.25) is 0 Å². The van der Waals surface area contributed by atoms with Gasteiger partial charge >= 0.3 is 0 Å². The first kappa shape index (κ1) is 16.5. The minimum absolute atomic E-state index is 0.829. The average Bonchev–Trinajstić information content (AvgIpc) is 2.32. The molecule has 0 spiro atoms. The summed E-state index contributed by atoms with van der Waals surface area (Å²) in [5, 5.41) is 8.15. The van der Waals surface area contributed by atoms with Gasteiger partial charge in [-0.1, -0.05) is 41.4 Å². The summed E-state index contributed by atoms with van der Waals surface area (Å²) in [7, 11) is 2.01. The van der Waals surface area contributed by atoms with Crippen LogP contribution in [0.25, 0.3) is 0 Å². The number of allylic oxidation sites excluding steroid dienone is 1. The molecule has 0 heterocycles. The van der Waals surface area contributed by atoms with E-state index in [-0.39, 0.29) is 0 Å². The molecule has 0 bridgehead atoms. The maximum Gasteiger partial charge on any atom is 0.103 e. The van der Waals surface area contributed by atoms with E-state index in [0.717, 1.165) is 17.3 Å². The number of nitriles is 1. The van der Waals surface area contributed by atoms with E-state index in [1.165, 1.54) is 18.1 Å². The smallest absolute Gasteiger partial charge is 0.103 e. The number of nitrogens with zero attached hydrogens (tertiary/aromatic N) is 2. The van der Waals surface area contributed by atoms with E-state index in [1.807, 2.05) is 20.9 Å². The van der Waals surface area contributed by atoms with Crippen LogP contribution in [0, 0.1) is 18.3 Å². The van der Waals surface area contributed by atoms with Gasteiger partial charge in [0.05, 0.1) is 6.07 Å². The summed E-state index contributed by atoms with van der Waals surface area (Å²) in [4.78, 5) is 2.06. The van der Waals surface area contributed by atoms with Crippen molar-refractivity contribution < 1.29 is 0 Å². The third-order valence-corrected chi connectivity index (χ3v) is 2.95. The normalized spacial score (nSPS) is 8.72. The molecule has 0 atom stereocenters. The molecule has 0 aliphatic heterocycles. The minimum atomic E-state index is 0.829. The van der Waals surface area contributed by atoms with Crippen LogP contribution < -0.4 is 0 Å². The molecule has 3 heteroatoms. The Morgan fingerprint density at radius 3 is 2.11 bits per heavy atom. The maximum absolute atomic E-state index is 7.32. The zero-order valence-electron chi connectivity index (χ0n) is 11.8. The van der Waals surface area contributed by atoms with Gasteiger partial charge in [-0.3, -0.25) is 0 Å². The van der Waals surface area contributed by atoms with Crippen molar-refractivity contribution >= 4 is 11.6 Å². The molecule has 0 aliphatic rings. The number of hydrogen-bond donors (Lipinski definition) is 0. The molecule has 18 heavy (non-hydrogen) atoms. The minimum Gasteiger partial charge on any atom is -0.361 e. The molecule has 0 saturated heterocycles. The predicted molar refractivity (Wildman–Crippen MR) is 78.2 cm³/mol. The van der Waals surface area contributed by atoms with Crippen LogP contribution in [-0.4, -0.2) is 11.9 Å². The van der Waals surface area contributed by atoms with E-state index in [4.69, 9.17) is 16.9 Å². The number of halogens is 1. The summed E-state index contributed by atoms with van der Waals surface area (Å²) in [5.41, 5.74) is 3.71. The van der Waals surface area contributed by atoms with Crippen molar-refractivity contribution in [2.45, 2.75) is 34.2 Å². The Kier molecular flexibility index (Phi) is 7.91. The van der Waals surface area contributed by atoms with Gasteiger partial charge in [-0.05, 0) is 31.9 Å². The van der Waals surface area contributed by atoms with Gasteiger partial charge in [-0.2, -0.15) is 5.26 Å². The van der Waals surface area contributed by atoms with Crippen molar-refractivity contribution in [2.24, 2.45) is 0 Å². The average molecular weight is 265 g/mol. The van der Waals surface area contributed by atoms with Crippen molar-refractivity contribution in [1.82, 2.24) is 4.90 Å². The van der Waals surface area contributed by atoms with Crippen molar-refractivity contribution in [2.75, 3.05) is 7.05 Å². The van der Waals surface area contributed by atoms with E-state index in [0.29, 0.717) is 0 Å². The third-order valence-electron chi connectivity index (χ3n) is 2.29. The first-order valence-electron chi connectivity index (χ1n) is 5.82. The van der Waals surface area contributed by atoms with E-state index in [2.05, 4.69) is 36.1 Å². The highest BCUT2D eigenvalue weighted by molar-refractivity contribution is 6.29. The fourth-order valence-electron chi connectivity index (χ4n) is 1.42. The lowest BCUT2D eigenvalue weighted by Gasteiger charge is -2.19. The van der Waals surface area contributed by atoms with Gasteiger partial charge < -0.3 is 4.90 Å². The van der Waals surface area contributed by atoms with Gasteiger partial charge in [0.25, 0.3) is 0 Å². The first-order chi connectivity index (χ1) is 8.42. The van der Waals surface area contributed by atoms with Gasteiger partial charge in [-0.25, -0.2) is 0 Å². The van der Waals surface area contributed by atoms with Crippen molar-refractivity contribution in [3.05, 3.63) is 46.1 Å². The van der Waals surface area contributed by atoms with E-state index >= 15 is 0 Å². The quantitative estimate of drug-likeness (QED) is 0.755. The second-order valence-electron chi connectivity index (χ2n) is 4.36. The van der Waals surface area contributed by atoms with Gasteiger partial charge in [0.1, 0.15) is 5.16 Å². The number of aryl methyl sites for hydroxylation is 1. The van der Waals surface area contributed by atoms with Crippen molar-refractivity contribution in [1.29, 1.82) is 5.26 Å². The summed E-state index contributed by atoms with van der Waals surface area (Å²) >= 11 is 6.15. The highest BCUT2D eigenvalue weighted by atomic mass is 35.5. The Balaban J connectivity index is 0.000000873. The molecule has 98 valence electrons. The molecular formula is C15H21ClN2. The maximum atomic E-state index is 7.32. The number of rotatable bonds is 3. The Bertz CT molecular complexity index is 423. The molecule has 1 aromatic carbocycles. The summed E-state index contributed by atoms with van der Waals surface area (Å²) < 4.78 is 0. The zero-order valence-corrected chi connectivity index (χ0v) is 12.5. The van der Waals surface area contributed by atoms with Crippen LogP contribution >= 0.6 is 11.6 Å². The standard InChI is InChI=1S/C13H18ClN.C2H3N/c1-10(2)13(14)15(4)9-12-7-5-11(3)6-8-12;1-2-3/h5-8H,9H2,1-4H3;1H3. The second-order valence-corrected chi connectivity index (χ2v) is 4.71. The lowest BCUT2D eigenvalue weighted by molar-refractivity contribution is 0.433. The molecule has 0 fully saturated rings. The largest absolute Gasteiger partial charge is 0.361 e. The predicted octanol–water partition coefficient (Wildman–Crippen LogP) is 4.45. The van der Waals surface area contributed by atoms with Crippen LogP contribution in [-0.2, 0) is 6.54 Å². The molecule has 0 amide bonds. The van der Waals surface area contributed by atoms with Gasteiger partial charge in [-0.15, -0.1) is 0 Å². The number of benzene rings is 1. The number of hydrogen-bond acceptors (Lipinski definition) is 2. The Labute approximate surface area is 115 Å². The van der Waals surface area contributed by atoms with Gasteiger partial charge in [0.15, 0.2) is 0 Å². The molecule has 0 aliphatic carbocycles. The van der Waals surface area contributed by atoms with Gasteiger partial charge in [0, 0.05) is 20.5 Å². The summed E-state index contributed by atoms with van der Waals surface area (Å²) in [5.74, 6) is 0. The second kappa shape index (κ2) is 8.60. The fraction of sp³-hybridized carbons (Fsp3) is 0.400. The van der Waals surface area contributed by atoms with Crippen molar-refractivity contribution in [3.8, 4) is 6.07 Å². The zero-order chi connectivity index (χ0) is 14.1. The van der Waals surface area contributed by atoms with Gasteiger partial charge in [0.2, 0.25) is 0 Å². The van der Waals surface area contributed by atoms with Crippen LogP contribution in [0.3, 0.4) is 0 Å². The molecule has 0 N–H and O–H groups in total. The van der Waals surface area contributed by atoms with E-state index < -0.39 is 0 Å². The molecule has 1 rings (SSSR count). The topological polar surface area (TPSA) is 27.0 Å². The molecule has 0 aromatic heterocycles. The molecule has 0 saturated carbocycles. The fourth-order valence-corrected chi connectivity index (χ4v) is 1.48. The van der Waals surface area contributed by atoms with Crippen LogP contribution in [0.1, 0.15) is 31.9 Å². The Morgan fingerprint density at radius 2 is 1.72 bits per heavy atom. The first-order valence-corrected chi connectivity index (χ1v) is 6.20. The van der Waals surface area contributed by atoms with Crippen LogP contribution in [0.5, 0.6) is 0 Å². The van der Waals surface area contributed by atoms with E-state index in [9.17, 15) is 0 Å². The van der Waals surface area contributed by atoms with Crippen LogP contribution in [0.4, 0.5) is 0 Å². The summed E-state index contributed by atoms with van der Waals surface area (Å²) in [6, 6.07) is 10.3. The highest BCUT2D eigenvalue weighted by Crippen LogP contribution is 2.16. The molecule has 2 nitrogen and oxygen atoms in total. The Morgan fingerprint density at radius 1 is 1.28 bits per heavy atom. The monoisotopic (exact) mass is 264 g/mol. The van der Waals surface area contributed by atoms with E-state index in [1.54, 1.807) is 6.07 Å². The molecular weight excluding hydrogens is 244 g/mol. The summed E-state index contributed by atoms with van der Waals surface area (Å²) in [6.45, 7) is 8.42. The molecule has 1 aromatic rings. The molecule has 0 unspecified atom stereocenters. The lowest BCUT2D eigenvalue weighted by Crippen LogP contribution is -2.14. The van der Waals surface area contributed by atoms with Crippen LogP contribution in [0.15, 0.2) is 35.0 Å². The third kappa shape index (κ3) is 6.32.